The van der Waals surface area contributed by atoms with Gasteiger partial charge >= 0.3 is 0 Å². The van der Waals surface area contributed by atoms with Crippen molar-refractivity contribution in [2.75, 3.05) is 13.1 Å². The first-order valence-electron chi connectivity index (χ1n) is 5.71. The zero-order valence-corrected chi connectivity index (χ0v) is 9.73. The normalized spacial score (nSPS) is 41.7. The predicted octanol–water partition coefficient (Wildman–Crippen LogP) is -0.225. The van der Waals surface area contributed by atoms with Crippen molar-refractivity contribution in [1.82, 2.24) is 4.90 Å². The molecular weight excluding hydrogens is 190 g/mol. The number of carbonyl (C=O) groups is 1. The van der Waals surface area contributed by atoms with Crippen LogP contribution in [0.3, 0.4) is 0 Å². The molecule has 1 aliphatic heterocycles. The number of carbonyl (C=O) groups excluding carboxylic acids is 1. The summed E-state index contributed by atoms with van der Waals surface area (Å²) in [6.07, 6.45) is 0. The van der Waals surface area contributed by atoms with Crippen LogP contribution in [0.1, 0.15) is 20.8 Å². The predicted molar refractivity (Wildman–Crippen MR) is 59.0 cm³/mol. The van der Waals surface area contributed by atoms with Crippen LogP contribution in [0.5, 0.6) is 0 Å². The number of amides is 1. The van der Waals surface area contributed by atoms with Crippen molar-refractivity contribution in [2.45, 2.75) is 32.4 Å². The Morgan fingerprint density at radius 2 is 1.80 bits per heavy atom. The standard InChI is InChI=1S/C11H21N3O/c1-6(2)7(3)14-4-8-9(5-14)11(8,13)10(12)15/h6-9H,4-5,13H2,1-3H3,(H2,12,15). The highest BCUT2D eigenvalue weighted by molar-refractivity contribution is 5.89. The molecular formula is C11H21N3O. The van der Waals surface area contributed by atoms with Crippen LogP contribution < -0.4 is 11.5 Å². The van der Waals surface area contributed by atoms with Crippen LogP contribution >= 0.6 is 0 Å². The third-order valence-corrected chi connectivity index (χ3v) is 4.43. The zero-order chi connectivity index (χ0) is 11.4. The number of primary amides is 1. The molecule has 0 aromatic rings. The summed E-state index contributed by atoms with van der Waals surface area (Å²) in [6.45, 7) is 8.54. The average Bonchev–Trinajstić information content (AvgIpc) is 2.60. The van der Waals surface area contributed by atoms with Gasteiger partial charge in [-0.2, -0.15) is 0 Å². The molecule has 0 bridgehead atoms. The third kappa shape index (κ3) is 1.39. The smallest absolute Gasteiger partial charge is 0.238 e. The minimum absolute atomic E-state index is 0.302. The quantitative estimate of drug-likeness (QED) is 0.677. The van der Waals surface area contributed by atoms with Crippen molar-refractivity contribution in [3.05, 3.63) is 0 Å². The summed E-state index contributed by atoms with van der Waals surface area (Å²) in [6, 6.07) is 0.565. The SMILES string of the molecule is CC(C)C(C)N1CC2C(C1)C2(N)C(N)=O. The molecule has 86 valence electrons. The van der Waals surface area contributed by atoms with Gasteiger partial charge in [-0.15, -0.1) is 0 Å². The Bertz CT molecular complexity index is 278. The fraction of sp³-hybridized carbons (Fsp3) is 0.909. The molecule has 1 saturated heterocycles. The molecule has 1 aliphatic carbocycles. The summed E-state index contributed by atoms with van der Waals surface area (Å²) in [5.41, 5.74) is 10.6. The molecule has 2 rings (SSSR count). The van der Waals surface area contributed by atoms with Gasteiger partial charge in [-0.3, -0.25) is 9.69 Å². The Balaban J connectivity index is 1.96. The van der Waals surface area contributed by atoms with E-state index in [0.717, 1.165) is 13.1 Å². The van der Waals surface area contributed by atoms with Gasteiger partial charge in [0.05, 0.1) is 0 Å². The van der Waals surface area contributed by atoms with Crippen molar-refractivity contribution in [1.29, 1.82) is 0 Å². The third-order valence-electron chi connectivity index (χ3n) is 4.43. The second-order valence-electron chi connectivity index (χ2n) is 5.45. The first kappa shape index (κ1) is 10.9. The molecule has 0 aromatic carbocycles. The molecule has 15 heavy (non-hydrogen) atoms. The van der Waals surface area contributed by atoms with Gasteiger partial charge in [0.1, 0.15) is 5.54 Å². The molecule has 0 radical (unpaired) electrons. The summed E-state index contributed by atoms with van der Waals surface area (Å²) in [5, 5.41) is 0. The van der Waals surface area contributed by atoms with E-state index in [1.165, 1.54) is 0 Å². The van der Waals surface area contributed by atoms with E-state index in [0.29, 0.717) is 23.8 Å². The van der Waals surface area contributed by atoms with Gasteiger partial charge in [0.2, 0.25) is 5.91 Å². The molecule has 1 saturated carbocycles. The van der Waals surface area contributed by atoms with E-state index in [4.69, 9.17) is 11.5 Å². The van der Waals surface area contributed by atoms with Gasteiger partial charge in [0.25, 0.3) is 0 Å². The highest BCUT2D eigenvalue weighted by atomic mass is 16.1. The van der Waals surface area contributed by atoms with Crippen LogP contribution in [-0.4, -0.2) is 35.5 Å². The monoisotopic (exact) mass is 211 g/mol. The highest BCUT2D eigenvalue weighted by Crippen LogP contribution is 2.53. The number of nitrogens with zero attached hydrogens (tertiary/aromatic N) is 1. The molecule has 3 unspecified atom stereocenters. The summed E-state index contributed by atoms with van der Waals surface area (Å²) in [7, 11) is 0. The van der Waals surface area contributed by atoms with E-state index in [-0.39, 0.29) is 5.91 Å². The van der Waals surface area contributed by atoms with Crippen LogP contribution in [-0.2, 0) is 4.79 Å². The first-order valence-corrected chi connectivity index (χ1v) is 5.71. The number of nitrogens with two attached hydrogens (primary N) is 2. The summed E-state index contributed by atoms with van der Waals surface area (Å²) >= 11 is 0. The van der Waals surface area contributed by atoms with Crippen molar-refractivity contribution in [2.24, 2.45) is 29.2 Å². The lowest BCUT2D eigenvalue weighted by Crippen LogP contribution is -2.49. The second-order valence-corrected chi connectivity index (χ2v) is 5.45. The van der Waals surface area contributed by atoms with Crippen molar-refractivity contribution >= 4 is 5.91 Å². The van der Waals surface area contributed by atoms with Gasteiger partial charge in [-0.25, -0.2) is 0 Å². The lowest BCUT2D eigenvalue weighted by Gasteiger charge is -2.30. The molecule has 2 fully saturated rings. The molecule has 4 nitrogen and oxygen atoms in total. The summed E-state index contributed by atoms with van der Waals surface area (Å²) < 4.78 is 0. The van der Waals surface area contributed by atoms with Crippen LogP contribution in [0.2, 0.25) is 0 Å². The Hall–Kier alpha value is -0.610. The van der Waals surface area contributed by atoms with E-state index >= 15 is 0 Å². The summed E-state index contributed by atoms with van der Waals surface area (Å²) in [4.78, 5) is 13.6. The minimum atomic E-state index is -0.687. The Morgan fingerprint density at radius 3 is 2.13 bits per heavy atom. The van der Waals surface area contributed by atoms with E-state index in [2.05, 4.69) is 25.7 Å². The van der Waals surface area contributed by atoms with E-state index in [1.54, 1.807) is 0 Å². The average molecular weight is 211 g/mol. The summed E-state index contributed by atoms with van der Waals surface area (Å²) in [5.74, 6) is 0.921. The van der Waals surface area contributed by atoms with Gasteiger partial charge in [-0.1, -0.05) is 13.8 Å². The van der Waals surface area contributed by atoms with Gasteiger partial charge in [0.15, 0.2) is 0 Å². The number of hydrogen-bond donors (Lipinski definition) is 2. The number of likely N-dealkylation sites (tertiary alicyclic amines) is 1. The van der Waals surface area contributed by atoms with Crippen LogP contribution in [0.15, 0.2) is 0 Å². The van der Waals surface area contributed by atoms with Crippen LogP contribution in [0, 0.1) is 17.8 Å². The number of hydrogen-bond acceptors (Lipinski definition) is 3. The molecule has 3 atom stereocenters. The van der Waals surface area contributed by atoms with E-state index in [1.807, 2.05) is 0 Å². The molecule has 4 heteroatoms. The maximum Gasteiger partial charge on any atom is 0.238 e. The molecule has 0 aromatic heterocycles. The largest absolute Gasteiger partial charge is 0.368 e. The Labute approximate surface area is 91.0 Å². The van der Waals surface area contributed by atoms with Gasteiger partial charge < -0.3 is 11.5 Å². The molecule has 2 aliphatic rings. The fourth-order valence-electron chi connectivity index (χ4n) is 2.82. The maximum atomic E-state index is 11.2. The lowest BCUT2D eigenvalue weighted by atomic mass is 10.0. The second kappa shape index (κ2) is 3.19. The van der Waals surface area contributed by atoms with Crippen molar-refractivity contribution in [3.8, 4) is 0 Å². The molecule has 4 N–H and O–H groups in total. The lowest BCUT2D eigenvalue weighted by molar-refractivity contribution is -0.121. The van der Waals surface area contributed by atoms with E-state index < -0.39 is 5.54 Å². The van der Waals surface area contributed by atoms with Crippen LogP contribution in [0.25, 0.3) is 0 Å². The van der Waals surface area contributed by atoms with E-state index in [9.17, 15) is 4.79 Å². The fourth-order valence-corrected chi connectivity index (χ4v) is 2.82. The molecule has 1 heterocycles. The zero-order valence-electron chi connectivity index (χ0n) is 9.73. The molecule has 0 spiro atoms. The van der Waals surface area contributed by atoms with Crippen molar-refractivity contribution in [3.63, 3.8) is 0 Å². The Morgan fingerprint density at radius 1 is 1.33 bits per heavy atom. The highest BCUT2D eigenvalue weighted by Gasteiger charge is 2.69. The Kier molecular flexibility index (Phi) is 2.32. The number of fused-ring (bicyclic) bond motifs is 1. The maximum absolute atomic E-state index is 11.2. The van der Waals surface area contributed by atoms with Gasteiger partial charge in [-0.05, 0) is 12.8 Å². The molecule has 1 amide bonds. The number of rotatable bonds is 3. The van der Waals surface area contributed by atoms with Gasteiger partial charge in [0, 0.05) is 31.0 Å². The first-order chi connectivity index (χ1) is 6.89. The van der Waals surface area contributed by atoms with Crippen LogP contribution in [0.4, 0.5) is 0 Å². The topological polar surface area (TPSA) is 72.3 Å². The number of piperidine rings is 1. The minimum Gasteiger partial charge on any atom is -0.368 e. The van der Waals surface area contributed by atoms with Crippen molar-refractivity contribution < 1.29 is 4.79 Å².